The third-order valence-corrected chi connectivity index (χ3v) is 4.04. The number of ether oxygens (including phenoxy) is 1. The summed E-state index contributed by atoms with van der Waals surface area (Å²) in [7, 11) is 0. The fraction of sp³-hybridized carbons (Fsp3) is 0.227. The van der Waals surface area contributed by atoms with Crippen LogP contribution in [0.5, 0.6) is 0 Å². The topological polar surface area (TPSA) is 105 Å². The van der Waals surface area contributed by atoms with Crippen LogP contribution in [0, 0.1) is 5.82 Å². The number of hydrogen-bond donors (Lipinski definition) is 3. The molecule has 2 amide bonds. The van der Waals surface area contributed by atoms with Crippen molar-refractivity contribution >= 4 is 23.9 Å². The second-order valence-corrected chi connectivity index (χ2v) is 6.34. The van der Waals surface area contributed by atoms with E-state index in [1.807, 2.05) is 0 Å². The van der Waals surface area contributed by atoms with Crippen LogP contribution in [0.15, 0.2) is 60.3 Å². The number of aliphatic hydroxyl groups is 1. The number of carbonyl (C=O) groups excluding carboxylic acids is 3. The molecule has 0 aliphatic carbocycles. The Morgan fingerprint density at radius 2 is 1.73 bits per heavy atom. The number of hydrogen-bond acceptors (Lipinski definition) is 5. The van der Waals surface area contributed by atoms with Crippen LogP contribution >= 0.6 is 0 Å². The number of benzene rings is 2. The van der Waals surface area contributed by atoms with Gasteiger partial charge in [-0.25, -0.2) is 9.18 Å². The molecule has 7 nitrogen and oxygen atoms in total. The summed E-state index contributed by atoms with van der Waals surface area (Å²) in [6.07, 6.45) is -0.108. The molecule has 0 heterocycles. The molecule has 0 saturated heterocycles. The highest BCUT2D eigenvalue weighted by Gasteiger charge is 2.28. The van der Waals surface area contributed by atoms with E-state index in [2.05, 4.69) is 10.6 Å². The van der Waals surface area contributed by atoms with Crippen LogP contribution in [0.1, 0.15) is 29.8 Å². The first-order valence-corrected chi connectivity index (χ1v) is 9.31. The zero-order chi connectivity index (χ0) is 22.1. The van der Waals surface area contributed by atoms with Gasteiger partial charge in [0.2, 0.25) is 0 Å². The van der Waals surface area contributed by atoms with Crippen molar-refractivity contribution in [3.63, 3.8) is 0 Å². The molecule has 0 bridgehead atoms. The van der Waals surface area contributed by atoms with Crippen molar-refractivity contribution < 1.29 is 28.6 Å². The molecule has 2 rings (SSSR count). The minimum absolute atomic E-state index is 0.0561. The molecule has 3 N–H and O–H groups in total. The maximum atomic E-state index is 14.1. The summed E-state index contributed by atoms with van der Waals surface area (Å²) in [6.45, 7) is 2.95. The number of halogens is 1. The predicted molar refractivity (Wildman–Crippen MR) is 109 cm³/mol. The molecule has 158 valence electrons. The Morgan fingerprint density at radius 3 is 2.33 bits per heavy atom. The van der Waals surface area contributed by atoms with E-state index in [0.717, 1.165) is 6.08 Å². The summed E-state index contributed by atoms with van der Waals surface area (Å²) in [5.41, 5.74) is 0.0341. The van der Waals surface area contributed by atoms with Crippen LogP contribution < -0.4 is 10.6 Å². The minimum Gasteiger partial charge on any atom is -0.464 e. The first-order valence-electron chi connectivity index (χ1n) is 9.31. The van der Waals surface area contributed by atoms with Gasteiger partial charge in [0.05, 0.1) is 12.7 Å². The first kappa shape index (κ1) is 22.8. The van der Waals surface area contributed by atoms with Gasteiger partial charge in [-0.05, 0) is 38.1 Å². The fourth-order valence-corrected chi connectivity index (χ4v) is 2.52. The minimum atomic E-state index is -1.37. The van der Waals surface area contributed by atoms with Gasteiger partial charge in [-0.2, -0.15) is 0 Å². The van der Waals surface area contributed by atoms with Gasteiger partial charge in [-0.3, -0.25) is 9.59 Å². The van der Waals surface area contributed by atoms with Gasteiger partial charge < -0.3 is 20.5 Å². The lowest BCUT2D eigenvalue weighted by atomic mass is 10.1. The monoisotopic (exact) mass is 414 g/mol. The molecule has 2 unspecified atom stereocenters. The van der Waals surface area contributed by atoms with Crippen LogP contribution in [0.25, 0.3) is 6.08 Å². The highest BCUT2D eigenvalue weighted by Crippen LogP contribution is 2.12. The Hall–Kier alpha value is -3.52. The van der Waals surface area contributed by atoms with E-state index in [4.69, 9.17) is 4.74 Å². The highest BCUT2D eigenvalue weighted by molar-refractivity contribution is 6.06. The van der Waals surface area contributed by atoms with Crippen LogP contribution in [-0.2, 0) is 14.3 Å². The third kappa shape index (κ3) is 6.25. The van der Waals surface area contributed by atoms with E-state index in [9.17, 15) is 23.9 Å². The number of esters is 1. The molecule has 0 fully saturated rings. The van der Waals surface area contributed by atoms with E-state index < -0.39 is 35.7 Å². The van der Waals surface area contributed by atoms with Crippen LogP contribution in [-0.4, -0.2) is 41.6 Å². The Labute approximate surface area is 173 Å². The predicted octanol–water partition coefficient (Wildman–Crippen LogP) is 2.03. The van der Waals surface area contributed by atoms with Gasteiger partial charge in [0, 0.05) is 11.1 Å². The lowest BCUT2D eigenvalue weighted by Gasteiger charge is -2.20. The summed E-state index contributed by atoms with van der Waals surface area (Å²) in [5, 5.41) is 14.6. The molecule has 2 aromatic rings. The zero-order valence-electron chi connectivity index (χ0n) is 16.6. The van der Waals surface area contributed by atoms with E-state index in [0.29, 0.717) is 0 Å². The molecule has 0 spiro atoms. The van der Waals surface area contributed by atoms with Gasteiger partial charge >= 0.3 is 5.97 Å². The van der Waals surface area contributed by atoms with Gasteiger partial charge in [0.25, 0.3) is 11.8 Å². The molecule has 2 atom stereocenters. The molecular weight excluding hydrogens is 391 g/mol. The van der Waals surface area contributed by atoms with Crippen molar-refractivity contribution in [2.24, 2.45) is 0 Å². The SMILES string of the molecule is CCOC(=O)C(NC(=O)/C(=C/c1ccccc1F)NC(=O)c1ccccc1)C(C)O. The largest absolute Gasteiger partial charge is 0.464 e. The summed E-state index contributed by atoms with van der Waals surface area (Å²) < 4.78 is 18.9. The number of amides is 2. The fourth-order valence-electron chi connectivity index (χ4n) is 2.52. The number of rotatable bonds is 8. The number of aliphatic hydroxyl groups excluding tert-OH is 1. The second kappa shape index (κ2) is 10.9. The summed E-state index contributed by atoms with van der Waals surface area (Å²) in [4.78, 5) is 37.4. The average molecular weight is 414 g/mol. The molecule has 30 heavy (non-hydrogen) atoms. The van der Waals surface area contributed by atoms with Gasteiger partial charge in [-0.15, -0.1) is 0 Å². The Kier molecular flexibility index (Phi) is 8.25. The molecule has 0 aliphatic heterocycles. The first-order chi connectivity index (χ1) is 14.3. The molecule has 0 aliphatic rings. The normalized spacial score (nSPS) is 13.1. The second-order valence-electron chi connectivity index (χ2n) is 6.34. The van der Waals surface area contributed by atoms with E-state index in [1.165, 1.54) is 25.1 Å². The van der Waals surface area contributed by atoms with E-state index >= 15 is 0 Å². The summed E-state index contributed by atoms with van der Waals surface area (Å²) in [6, 6.07) is 12.4. The van der Waals surface area contributed by atoms with Crippen LogP contribution in [0.3, 0.4) is 0 Å². The molecule has 0 radical (unpaired) electrons. The highest BCUT2D eigenvalue weighted by atomic mass is 19.1. The molecular formula is C22H23FN2O5. The number of carbonyl (C=O) groups is 3. The Morgan fingerprint density at radius 1 is 1.10 bits per heavy atom. The quantitative estimate of drug-likeness (QED) is 0.453. The van der Waals surface area contributed by atoms with Crippen molar-refractivity contribution in [1.29, 1.82) is 0 Å². The summed E-state index contributed by atoms with van der Waals surface area (Å²) >= 11 is 0. The van der Waals surface area contributed by atoms with Crippen molar-refractivity contribution in [1.82, 2.24) is 10.6 Å². The number of nitrogens with one attached hydrogen (secondary N) is 2. The lowest BCUT2D eigenvalue weighted by molar-refractivity contribution is -0.150. The van der Waals surface area contributed by atoms with Crippen molar-refractivity contribution in [3.05, 3.63) is 77.2 Å². The standard InChI is InChI=1S/C22H23FN2O5/c1-3-30-22(29)19(14(2)26)25-21(28)18(13-16-11-7-8-12-17(16)23)24-20(27)15-9-5-4-6-10-15/h4-14,19,26H,3H2,1-2H3,(H,24,27)(H,25,28)/b18-13-. The third-order valence-electron chi connectivity index (χ3n) is 4.04. The lowest BCUT2D eigenvalue weighted by Crippen LogP contribution is -2.50. The van der Waals surface area contributed by atoms with E-state index in [-0.39, 0.29) is 23.4 Å². The smallest absolute Gasteiger partial charge is 0.331 e. The maximum absolute atomic E-state index is 14.1. The van der Waals surface area contributed by atoms with Crippen LogP contribution in [0.2, 0.25) is 0 Å². The van der Waals surface area contributed by atoms with Crippen molar-refractivity contribution in [2.75, 3.05) is 6.61 Å². The zero-order valence-corrected chi connectivity index (χ0v) is 16.6. The van der Waals surface area contributed by atoms with Gasteiger partial charge in [-0.1, -0.05) is 36.4 Å². The molecule has 0 aromatic heterocycles. The van der Waals surface area contributed by atoms with Crippen molar-refractivity contribution in [3.8, 4) is 0 Å². The van der Waals surface area contributed by atoms with Crippen LogP contribution in [0.4, 0.5) is 4.39 Å². The average Bonchev–Trinajstić information content (AvgIpc) is 2.73. The Balaban J connectivity index is 2.34. The summed E-state index contributed by atoms with van der Waals surface area (Å²) in [5.74, 6) is -2.92. The van der Waals surface area contributed by atoms with Gasteiger partial charge in [0.15, 0.2) is 6.04 Å². The Bertz CT molecular complexity index is 928. The van der Waals surface area contributed by atoms with Crippen molar-refractivity contribution in [2.45, 2.75) is 26.0 Å². The molecule has 0 saturated carbocycles. The van der Waals surface area contributed by atoms with E-state index in [1.54, 1.807) is 43.3 Å². The maximum Gasteiger partial charge on any atom is 0.331 e. The molecule has 8 heteroatoms. The van der Waals surface area contributed by atoms with Gasteiger partial charge in [0.1, 0.15) is 11.5 Å². The molecule has 2 aromatic carbocycles.